The molecule has 22 heavy (non-hydrogen) atoms. The first-order valence-electron chi connectivity index (χ1n) is 7.12. The maximum Gasteiger partial charge on any atom is 0.320 e. The number of esters is 1. The molecule has 0 aliphatic carbocycles. The molecule has 0 aromatic carbocycles. The number of ether oxygens (including phenoxy) is 1. The molecule has 1 aliphatic heterocycles. The van der Waals surface area contributed by atoms with Crippen LogP contribution < -0.4 is 0 Å². The van der Waals surface area contributed by atoms with Crippen molar-refractivity contribution in [3.63, 3.8) is 0 Å². The standard InChI is InChI=1S/C15H23F2NO4/c1-5-15(16,17)14(12(20)21)7-6-8-18(10-14)9-11(19)22-13(2,3)4/h5H,1,6-10H2,2-4H3,(H,20,21)/t14-/m0/s1. The van der Waals surface area contributed by atoms with Gasteiger partial charge in [0.15, 0.2) is 0 Å². The molecule has 0 saturated carbocycles. The predicted molar refractivity (Wildman–Crippen MR) is 76.7 cm³/mol. The van der Waals surface area contributed by atoms with E-state index in [1.54, 1.807) is 20.8 Å². The van der Waals surface area contributed by atoms with E-state index >= 15 is 0 Å². The summed E-state index contributed by atoms with van der Waals surface area (Å²) in [4.78, 5) is 24.7. The molecule has 1 heterocycles. The smallest absolute Gasteiger partial charge is 0.320 e. The molecule has 0 unspecified atom stereocenters. The average Bonchev–Trinajstić information content (AvgIpc) is 2.36. The Kier molecular flexibility index (Phi) is 5.33. The summed E-state index contributed by atoms with van der Waals surface area (Å²) < 4.78 is 33.3. The van der Waals surface area contributed by atoms with Crippen molar-refractivity contribution < 1.29 is 28.2 Å². The van der Waals surface area contributed by atoms with Crippen molar-refractivity contribution in [2.75, 3.05) is 19.6 Å². The summed E-state index contributed by atoms with van der Waals surface area (Å²) in [5.41, 5.74) is -2.93. The van der Waals surface area contributed by atoms with E-state index in [2.05, 4.69) is 6.58 Å². The summed E-state index contributed by atoms with van der Waals surface area (Å²) in [6.45, 7) is 7.91. The maximum atomic E-state index is 14.1. The Morgan fingerprint density at radius 1 is 1.41 bits per heavy atom. The Morgan fingerprint density at radius 2 is 2.00 bits per heavy atom. The number of carbonyl (C=O) groups is 2. The van der Waals surface area contributed by atoms with Gasteiger partial charge >= 0.3 is 11.9 Å². The first-order valence-corrected chi connectivity index (χ1v) is 7.12. The lowest BCUT2D eigenvalue weighted by Crippen LogP contribution is -2.57. The number of piperidine rings is 1. The Balaban J connectivity index is 2.88. The molecule has 1 saturated heterocycles. The second-order valence-electron chi connectivity index (χ2n) is 6.62. The largest absolute Gasteiger partial charge is 0.481 e. The summed E-state index contributed by atoms with van der Waals surface area (Å²) in [5, 5.41) is 9.32. The van der Waals surface area contributed by atoms with Crippen molar-refractivity contribution in [2.24, 2.45) is 5.41 Å². The van der Waals surface area contributed by atoms with Crippen molar-refractivity contribution in [3.8, 4) is 0 Å². The molecule has 7 heteroatoms. The minimum absolute atomic E-state index is 0.161. The van der Waals surface area contributed by atoms with E-state index in [1.165, 1.54) is 4.90 Å². The minimum Gasteiger partial charge on any atom is -0.481 e. The van der Waals surface area contributed by atoms with Gasteiger partial charge in [-0.1, -0.05) is 6.58 Å². The van der Waals surface area contributed by atoms with E-state index in [0.717, 1.165) is 0 Å². The lowest BCUT2D eigenvalue weighted by Gasteiger charge is -2.42. The van der Waals surface area contributed by atoms with E-state index in [1.807, 2.05) is 0 Å². The monoisotopic (exact) mass is 319 g/mol. The highest BCUT2D eigenvalue weighted by atomic mass is 19.3. The number of hydrogen-bond acceptors (Lipinski definition) is 4. The van der Waals surface area contributed by atoms with Crippen LogP contribution in [0.5, 0.6) is 0 Å². The van der Waals surface area contributed by atoms with E-state index < -0.39 is 35.4 Å². The van der Waals surface area contributed by atoms with Crippen molar-refractivity contribution in [3.05, 3.63) is 12.7 Å². The highest BCUT2D eigenvalue weighted by Gasteiger charge is 2.59. The molecule has 0 aromatic heterocycles. The van der Waals surface area contributed by atoms with Crippen LogP contribution in [0.2, 0.25) is 0 Å². The van der Waals surface area contributed by atoms with Gasteiger partial charge in [0.05, 0.1) is 6.54 Å². The number of rotatable bonds is 5. The topological polar surface area (TPSA) is 66.8 Å². The molecule has 0 aromatic rings. The molecule has 1 fully saturated rings. The Hall–Kier alpha value is -1.50. The van der Waals surface area contributed by atoms with Crippen LogP contribution >= 0.6 is 0 Å². The number of likely N-dealkylation sites (tertiary alicyclic amines) is 1. The molecule has 0 amide bonds. The number of carbonyl (C=O) groups excluding carboxylic acids is 1. The molecule has 1 N–H and O–H groups in total. The number of allylic oxidation sites excluding steroid dienone is 1. The van der Waals surface area contributed by atoms with Crippen LogP contribution in [0, 0.1) is 5.41 Å². The number of alkyl halides is 2. The molecule has 1 aliphatic rings. The van der Waals surface area contributed by atoms with Crippen LogP contribution in [-0.4, -0.2) is 53.1 Å². The van der Waals surface area contributed by atoms with E-state index in [0.29, 0.717) is 12.6 Å². The van der Waals surface area contributed by atoms with Gasteiger partial charge in [0.25, 0.3) is 5.92 Å². The first kappa shape index (κ1) is 18.5. The molecular weight excluding hydrogens is 296 g/mol. The van der Waals surface area contributed by atoms with Gasteiger partial charge in [0.2, 0.25) is 0 Å². The number of halogens is 2. The molecule has 1 rings (SSSR count). The minimum atomic E-state index is -3.55. The average molecular weight is 319 g/mol. The SMILES string of the molecule is C=CC(F)(F)[C@@]1(C(=O)O)CCCN(CC(=O)OC(C)(C)C)C1. The number of hydrogen-bond donors (Lipinski definition) is 1. The Bertz CT molecular complexity index is 459. The molecule has 126 valence electrons. The third-order valence-corrected chi connectivity index (χ3v) is 3.65. The molecular formula is C15H23F2NO4. The van der Waals surface area contributed by atoms with Gasteiger partial charge < -0.3 is 9.84 Å². The zero-order chi connectivity index (χ0) is 17.2. The summed E-state index contributed by atoms with van der Waals surface area (Å²) in [5.74, 6) is -5.69. The highest BCUT2D eigenvalue weighted by molar-refractivity contribution is 5.77. The van der Waals surface area contributed by atoms with E-state index in [-0.39, 0.29) is 19.4 Å². The number of carboxylic acid groups (broad SMARTS) is 1. The highest BCUT2D eigenvalue weighted by Crippen LogP contribution is 2.44. The summed E-state index contributed by atoms with van der Waals surface area (Å²) >= 11 is 0. The molecule has 0 spiro atoms. The zero-order valence-corrected chi connectivity index (χ0v) is 13.2. The van der Waals surface area contributed by atoms with Crippen molar-refractivity contribution in [2.45, 2.75) is 45.1 Å². The number of nitrogens with zero attached hydrogens (tertiary/aromatic N) is 1. The predicted octanol–water partition coefficient (Wildman–Crippen LogP) is 2.32. The van der Waals surface area contributed by atoms with Crippen LogP contribution in [-0.2, 0) is 14.3 Å². The molecule has 0 bridgehead atoms. The van der Waals surface area contributed by atoms with Gasteiger partial charge in [-0.15, -0.1) is 0 Å². The quantitative estimate of drug-likeness (QED) is 0.622. The third-order valence-electron chi connectivity index (χ3n) is 3.65. The Morgan fingerprint density at radius 3 is 2.45 bits per heavy atom. The van der Waals surface area contributed by atoms with Gasteiger partial charge in [0, 0.05) is 6.54 Å². The van der Waals surface area contributed by atoms with E-state index in [4.69, 9.17) is 4.74 Å². The van der Waals surface area contributed by atoms with Crippen LogP contribution in [0.1, 0.15) is 33.6 Å². The van der Waals surface area contributed by atoms with Crippen LogP contribution in [0.3, 0.4) is 0 Å². The molecule has 1 atom stereocenters. The van der Waals surface area contributed by atoms with Gasteiger partial charge in [-0.3, -0.25) is 14.5 Å². The number of aliphatic carboxylic acids is 1. The van der Waals surface area contributed by atoms with Crippen molar-refractivity contribution >= 4 is 11.9 Å². The van der Waals surface area contributed by atoms with Gasteiger partial charge in [-0.2, -0.15) is 0 Å². The van der Waals surface area contributed by atoms with Crippen molar-refractivity contribution in [1.29, 1.82) is 0 Å². The zero-order valence-electron chi connectivity index (χ0n) is 13.2. The fourth-order valence-corrected chi connectivity index (χ4v) is 2.62. The van der Waals surface area contributed by atoms with Gasteiger partial charge in [0.1, 0.15) is 11.0 Å². The summed E-state index contributed by atoms with van der Waals surface area (Å²) in [6.07, 6.45) is 0.475. The maximum absolute atomic E-state index is 14.1. The van der Waals surface area contributed by atoms with Crippen LogP contribution in [0.25, 0.3) is 0 Å². The van der Waals surface area contributed by atoms with Crippen molar-refractivity contribution in [1.82, 2.24) is 4.90 Å². The lowest BCUT2D eigenvalue weighted by molar-refractivity contribution is -0.181. The first-order chi connectivity index (χ1) is 9.93. The second kappa shape index (κ2) is 6.32. The molecule has 0 radical (unpaired) electrons. The number of carboxylic acids is 1. The van der Waals surface area contributed by atoms with Crippen LogP contribution in [0.4, 0.5) is 8.78 Å². The lowest BCUT2D eigenvalue weighted by atomic mass is 9.74. The van der Waals surface area contributed by atoms with Gasteiger partial charge in [-0.25, -0.2) is 8.78 Å². The summed E-state index contributed by atoms with van der Waals surface area (Å²) in [6, 6.07) is 0. The second-order valence-corrected chi connectivity index (χ2v) is 6.62. The normalized spacial score (nSPS) is 23.9. The fourth-order valence-electron chi connectivity index (χ4n) is 2.62. The van der Waals surface area contributed by atoms with E-state index in [9.17, 15) is 23.5 Å². The summed E-state index contributed by atoms with van der Waals surface area (Å²) in [7, 11) is 0. The van der Waals surface area contributed by atoms with Crippen LogP contribution in [0.15, 0.2) is 12.7 Å². The molecule has 5 nitrogen and oxygen atoms in total. The third kappa shape index (κ3) is 4.03. The fraction of sp³-hybridized carbons (Fsp3) is 0.733. The Labute approximate surface area is 128 Å². The van der Waals surface area contributed by atoms with Gasteiger partial charge in [-0.05, 0) is 46.2 Å².